The lowest BCUT2D eigenvalue weighted by atomic mass is 10.2. The van der Waals surface area contributed by atoms with E-state index in [0.717, 1.165) is 24.9 Å². The first-order valence-electron chi connectivity index (χ1n) is 7.40. The van der Waals surface area contributed by atoms with E-state index in [9.17, 15) is 13.5 Å². The molecule has 1 aliphatic rings. The van der Waals surface area contributed by atoms with Gasteiger partial charge in [0.25, 0.3) is 0 Å². The molecule has 0 aromatic heterocycles. The van der Waals surface area contributed by atoms with Crippen LogP contribution in [0.4, 0.5) is 0 Å². The van der Waals surface area contributed by atoms with E-state index in [0.29, 0.717) is 17.5 Å². The van der Waals surface area contributed by atoms with Crippen molar-refractivity contribution in [3.8, 4) is 0 Å². The molecule has 5 nitrogen and oxygen atoms in total. The van der Waals surface area contributed by atoms with E-state index < -0.39 is 10.0 Å². The second kappa shape index (κ2) is 6.87. The van der Waals surface area contributed by atoms with Crippen LogP contribution >= 0.6 is 0 Å². The van der Waals surface area contributed by atoms with Crippen molar-refractivity contribution >= 4 is 10.0 Å². The molecular weight excluding hydrogens is 288 g/mol. The Balaban J connectivity index is 2.13. The molecule has 118 valence electrons. The minimum absolute atomic E-state index is 0.115. The Hall–Kier alpha value is -0.950. The predicted octanol–water partition coefficient (Wildman–Crippen LogP) is 1.33. The molecule has 1 unspecified atom stereocenters. The van der Waals surface area contributed by atoms with Gasteiger partial charge < -0.3 is 10.4 Å². The summed E-state index contributed by atoms with van der Waals surface area (Å²) in [6.07, 6.45) is 1.53. The fourth-order valence-electron chi connectivity index (χ4n) is 2.54. The molecule has 6 heteroatoms. The minimum atomic E-state index is -3.50. The normalized spacial score (nSPS) is 20.3. The number of hydrogen-bond acceptors (Lipinski definition) is 4. The van der Waals surface area contributed by atoms with Crippen molar-refractivity contribution in [2.75, 3.05) is 13.2 Å². The van der Waals surface area contributed by atoms with Crippen molar-refractivity contribution in [1.82, 2.24) is 9.62 Å². The summed E-state index contributed by atoms with van der Waals surface area (Å²) in [5.41, 5.74) is 1.06. The summed E-state index contributed by atoms with van der Waals surface area (Å²) in [6.45, 7) is 5.24. The Morgan fingerprint density at radius 3 is 2.57 bits per heavy atom. The number of aliphatic hydroxyl groups excluding tert-OH is 1. The smallest absolute Gasteiger partial charge is 0.243 e. The highest BCUT2D eigenvalue weighted by Crippen LogP contribution is 2.25. The first-order valence-corrected chi connectivity index (χ1v) is 8.84. The molecule has 1 atom stereocenters. The fourth-order valence-corrected chi connectivity index (χ4v) is 4.23. The van der Waals surface area contributed by atoms with E-state index >= 15 is 0 Å². The van der Waals surface area contributed by atoms with Crippen molar-refractivity contribution < 1.29 is 13.5 Å². The van der Waals surface area contributed by atoms with Gasteiger partial charge in [0.15, 0.2) is 0 Å². The quantitative estimate of drug-likeness (QED) is 0.831. The molecule has 1 aliphatic heterocycles. The molecular formula is C15H24N2O3S. The van der Waals surface area contributed by atoms with Gasteiger partial charge in [-0.2, -0.15) is 4.31 Å². The van der Waals surface area contributed by atoms with Crippen molar-refractivity contribution in [3.63, 3.8) is 0 Å². The summed E-state index contributed by atoms with van der Waals surface area (Å²) in [5.74, 6) is 0. The van der Waals surface area contributed by atoms with Gasteiger partial charge in [-0.05, 0) is 30.5 Å². The zero-order chi connectivity index (χ0) is 15.5. The number of aliphatic hydroxyl groups is 1. The Labute approximate surface area is 127 Å². The van der Waals surface area contributed by atoms with Gasteiger partial charge in [-0.3, -0.25) is 0 Å². The SMILES string of the molecule is CC(C)NCc1ccc(S(=O)(=O)N2CCCC2CO)cc1. The first kappa shape index (κ1) is 16.4. The Bertz CT molecular complexity index is 555. The van der Waals surface area contributed by atoms with Gasteiger partial charge in [0.05, 0.1) is 11.5 Å². The van der Waals surface area contributed by atoms with Gasteiger partial charge in [0.1, 0.15) is 0 Å². The van der Waals surface area contributed by atoms with Crippen LogP contribution in [0.15, 0.2) is 29.2 Å². The molecule has 0 saturated carbocycles. The van der Waals surface area contributed by atoms with Crippen molar-refractivity contribution in [2.24, 2.45) is 0 Å². The number of sulfonamides is 1. The summed E-state index contributed by atoms with van der Waals surface area (Å²) in [5, 5.41) is 12.6. The number of nitrogens with one attached hydrogen (secondary N) is 1. The highest BCUT2D eigenvalue weighted by molar-refractivity contribution is 7.89. The van der Waals surface area contributed by atoms with Crippen molar-refractivity contribution in [3.05, 3.63) is 29.8 Å². The van der Waals surface area contributed by atoms with E-state index in [-0.39, 0.29) is 12.6 Å². The molecule has 2 rings (SSSR count). The van der Waals surface area contributed by atoms with E-state index in [1.165, 1.54) is 4.31 Å². The van der Waals surface area contributed by atoms with Gasteiger partial charge in [0.2, 0.25) is 10.0 Å². The topological polar surface area (TPSA) is 69.6 Å². The maximum absolute atomic E-state index is 12.6. The molecule has 1 heterocycles. The summed E-state index contributed by atoms with van der Waals surface area (Å²) < 4.78 is 26.6. The molecule has 21 heavy (non-hydrogen) atoms. The van der Waals surface area contributed by atoms with Crippen LogP contribution in [0.5, 0.6) is 0 Å². The number of nitrogens with zero attached hydrogens (tertiary/aromatic N) is 1. The van der Waals surface area contributed by atoms with Gasteiger partial charge in [-0.25, -0.2) is 8.42 Å². The van der Waals surface area contributed by atoms with E-state index in [4.69, 9.17) is 0 Å². The predicted molar refractivity (Wildman–Crippen MR) is 82.4 cm³/mol. The average Bonchev–Trinajstić information content (AvgIpc) is 2.94. The molecule has 0 radical (unpaired) electrons. The lowest BCUT2D eigenvalue weighted by molar-refractivity contribution is 0.213. The van der Waals surface area contributed by atoms with E-state index in [1.807, 2.05) is 12.1 Å². The second-order valence-corrected chi connectivity index (χ2v) is 7.66. The van der Waals surface area contributed by atoms with Crippen LogP contribution in [0.25, 0.3) is 0 Å². The second-order valence-electron chi connectivity index (χ2n) is 5.77. The molecule has 2 N–H and O–H groups in total. The minimum Gasteiger partial charge on any atom is -0.395 e. The molecule has 0 bridgehead atoms. The monoisotopic (exact) mass is 312 g/mol. The number of benzene rings is 1. The van der Waals surface area contributed by atoms with Crippen molar-refractivity contribution in [2.45, 2.75) is 50.2 Å². The zero-order valence-corrected chi connectivity index (χ0v) is 13.4. The first-order chi connectivity index (χ1) is 9.95. The summed E-state index contributed by atoms with van der Waals surface area (Å²) in [4.78, 5) is 0.302. The van der Waals surface area contributed by atoms with Crippen LogP contribution in [0.2, 0.25) is 0 Å². The van der Waals surface area contributed by atoms with Crippen LogP contribution < -0.4 is 5.32 Å². The van der Waals surface area contributed by atoms with Crippen LogP contribution in [-0.2, 0) is 16.6 Å². The Kier molecular flexibility index (Phi) is 5.37. The number of rotatable bonds is 6. The molecule has 1 aromatic carbocycles. The Morgan fingerprint density at radius 2 is 2.00 bits per heavy atom. The third-order valence-corrected chi connectivity index (χ3v) is 5.74. The fraction of sp³-hybridized carbons (Fsp3) is 0.600. The third-order valence-electron chi connectivity index (χ3n) is 3.78. The molecule has 0 spiro atoms. The molecule has 1 fully saturated rings. The lowest BCUT2D eigenvalue weighted by Gasteiger charge is -2.22. The van der Waals surface area contributed by atoms with Gasteiger partial charge >= 0.3 is 0 Å². The third kappa shape index (κ3) is 3.83. The lowest BCUT2D eigenvalue weighted by Crippen LogP contribution is -2.37. The van der Waals surface area contributed by atoms with Crippen LogP contribution in [0.1, 0.15) is 32.3 Å². The van der Waals surface area contributed by atoms with E-state index in [2.05, 4.69) is 19.2 Å². The Morgan fingerprint density at radius 1 is 1.33 bits per heavy atom. The highest BCUT2D eigenvalue weighted by atomic mass is 32.2. The number of hydrogen-bond donors (Lipinski definition) is 2. The van der Waals surface area contributed by atoms with Crippen molar-refractivity contribution in [1.29, 1.82) is 0 Å². The van der Waals surface area contributed by atoms with E-state index in [1.54, 1.807) is 12.1 Å². The van der Waals surface area contributed by atoms with Gasteiger partial charge in [-0.1, -0.05) is 26.0 Å². The largest absolute Gasteiger partial charge is 0.395 e. The molecule has 1 aromatic rings. The molecule has 1 saturated heterocycles. The maximum atomic E-state index is 12.6. The standard InChI is InChI=1S/C15H24N2O3S/c1-12(2)16-10-13-5-7-15(8-6-13)21(19,20)17-9-3-4-14(17)11-18/h5-8,12,14,16,18H,3-4,9-11H2,1-2H3. The maximum Gasteiger partial charge on any atom is 0.243 e. The highest BCUT2D eigenvalue weighted by Gasteiger charge is 2.34. The van der Waals surface area contributed by atoms with Crippen LogP contribution in [0.3, 0.4) is 0 Å². The summed E-state index contributed by atoms with van der Waals surface area (Å²) >= 11 is 0. The average molecular weight is 312 g/mol. The molecule has 0 amide bonds. The zero-order valence-electron chi connectivity index (χ0n) is 12.6. The van der Waals surface area contributed by atoms with Crippen LogP contribution in [0, 0.1) is 0 Å². The van der Waals surface area contributed by atoms with Crippen LogP contribution in [-0.4, -0.2) is 43.1 Å². The van der Waals surface area contributed by atoms with Gasteiger partial charge in [-0.15, -0.1) is 0 Å². The summed E-state index contributed by atoms with van der Waals surface area (Å²) in [7, 11) is -3.50. The summed E-state index contributed by atoms with van der Waals surface area (Å²) in [6, 6.07) is 7.10. The van der Waals surface area contributed by atoms with Gasteiger partial charge in [0, 0.05) is 25.2 Å². The molecule has 0 aliphatic carbocycles.